The van der Waals surface area contributed by atoms with Crippen molar-refractivity contribution >= 4 is 5.91 Å². The molecule has 1 amide bonds. The second-order valence-corrected chi connectivity index (χ2v) is 5.40. The molecule has 1 aliphatic rings. The molecule has 0 saturated carbocycles. The lowest BCUT2D eigenvalue weighted by Gasteiger charge is -2.19. The molecule has 1 aromatic heterocycles. The Morgan fingerprint density at radius 1 is 1.37 bits per heavy atom. The lowest BCUT2D eigenvalue weighted by Crippen LogP contribution is -2.37. The summed E-state index contributed by atoms with van der Waals surface area (Å²) in [7, 11) is 1.95. The summed E-state index contributed by atoms with van der Waals surface area (Å²) < 4.78 is 1.89. The molecular weight excluding hydrogens is 240 g/mol. The minimum absolute atomic E-state index is 0.153. The molecule has 0 radical (unpaired) electrons. The van der Waals surface area contributed by atoms with Crippen LogP contribution in [0.25, 0.3) is 0 Å². The van der Waals surface area contributed by atoms with Crippen LogP contribution in [-0.4, -0.2) is 40.2 Å². The van der Waals surface area contributed by atoms with Gasteiger partial charge in [-0.3, -0.25) is 9.48 Å². The third-order valence-electron chi connectivity index (χ3n) is 4.02. The molecule has 1 aromatic rings. The predicted octanol–water partition coefficient (Wildman–Crippen LogP) is 1.31. The number of rotatable bonds is 4. The average molecular weight is 264 g/mol. The number of likely N-dealkylation sites (tertiary alicyclic amines) is 1. The number of aromatic nitrogens is 2. The van der Waals surface area contributed by atoms with Crippen molar-refractivity contribution in [3.63, 3.8) is 0 Å². The fraction of sp³-hybridized carbons (Fsp3) is 0.714. The zero-order chi connectivity index (χ0) is 14.0. The molecule has 19 heavy (non-hydrogen) atoms. The maximum Gasteiger partial charge on any atom is 0.236 e. The quantitative estimate of drug-likeness (QED) is 0.892. The van der Waals surface area contributed by atoms with Gasteiger partial charge in [0.2, 0.25) is 5.91 Å². The number of aryl methyl sites for hydroxylation is 2. The second kappa shape index (κ2) is 5.74. The van der Waals surface area contributed by atoms with Crippen LogP contribution >= 0.6 is 0 Å². The van der Waals surface area contributed by atoms with Crippen LogP contribution in [0.15, 0.2) is 0 Å². The van der Waals surface area contributed by atoms with Crippen LogP contribution in [0.5, 0.6) is 0 Å². The van der Waals surface area contributed by atoms with Crippen LogP contribution in [0.1, 0.15) is 42.8 Å². The summed E-state index contributed by atoms with van der Waals surface area (Å²) in [6, 6.07) is 0.153. The van der Waals surface area contributed by atoms with Crippen molar-refractivity contribution in [1.29, 1.82) is 0 Å². The molecule has 1 N–H and O–H groups in total. The van der Waals surface area contributed by atoms with Crippen molar-refractivity contribution < 1.29 is 4.79 Å². The largest absolute Gasteiger partial charge is 0.342 e. The molecule has 5 heteroatoms. The predicted molar refractivity (Wildman–Crippen MR) is 74.9 cm³/mol. The molecular formula is C14H24N4O. The summed E-state index contributed by atoms with van der Waals surface area (Å²) in [5, 5.41) is 7.74. The van der Waals surface area contributed by atoms with E-state index in [2.05, 4.69) is 24.3 Å². The van der Waals surface area contributed by atoms with Crippen molar-refractivity contribution in [3.8, 4) is 0 Å². The molecule has 1 fully saturated rings. The van der Waals surface area contributed by atoms with Gasteiger partial charge in [0.05, 0.1) is 12.2 Å². The lowest BCUT2D eigenvalue weighted by atomic mass is 10.1. The summed E-state index contributed by atoms with van der Waals surface area (Å²) >= 11 is 0. The molecule has 2 rings (SSSR count). The average Bonchev–Trinajstić information content (AvgIpc) is 2.96. The summed E-state index contributed by atoms with van der Waals surface area (Å²) in [5.74, 6) is 0.212. The van der Waals surface area contributed by atoms with Crippen molar-refractivity contribution in [2.24, 2.45) is 7.05 Å². The molecule has 1 atom stereocenters. The van der Waals surface area contributed by atoms with Gasteiger partial charge >= 0.3 is 0 Å². The summed E-state index contributed by atoms with van der Waals surface area (Å²) in [5.41, 5.74) is 3.40. The van der Waals surface area contributed by atoms with Crippen molar-refractivity contribution in [2.45, 2.75) is 39.7 Å². The van der Waals surface area contributed by atoms with Crippen LogP contribution < -0.4 is 5.32 Å². The standard InChI is InChI=1S/C14H24N4O/c1-10(14-11(2)16-17(4)12(14)3)15-9-13(19)18-7-5-6-8-18/h10,15H,5-9H2,1-4H3. The fourth-order valence-corrected chi connectivity index (χ4v) is 2.84. The van der Waals surface area contributed by atoms with Crippen LogP contribution in [0, 0.1) is 13.8 Å². The Balaban J connectivity index is 1.93. The minimum atomic E-state index is 0.153. The summed E-state index contributed by atoms with van der Waals surface area (Å²) in [6.07, 6.45) is 2.28. The Labute approximate surface area is 115 Å². The minimum Gasteiger partial charge on any atom is -0.342 e. The molecule has 0 aromatic carbocycles. The third kappa shape index (κ3) is 2.97. The van der Waals surface area contributed by atoms with Gasteiger partial charge in [-0.05, 0) is 33.6 Å². The van der Waals surface area contributed by atoms with E-state index in [1.165, 1.54) is 5.56 Å². The second-order valence-electron chi connectivity index (χ2n) is 5.40. The monoisotopic (exact) mass is 264 g/mol. The van der Waals surface area contributed by atoms with E-state index in [-0.39, 0.29) is 11.9 Å². The molecule has 0 aliphatic carbocycles. The molecule has 2 heterocycles. The van der Waals surface area contributed by atoms with E-state index >= 15 is 0 Å². The Kier molecular flexibility index (Phi) is 4.24. The zero-order valence-corrected chi connectivity index (χ0v) is 12.4. The van der Waals surface area contributed by atoms with Gasteiger partial charge in [-0.25, -0.2) is 0 Å². The van der Waals surface area contributed by atoms with Gasteiger partial charge in [-0.2, -0.15) is 5.10 Å². The highest BCUT2D eigenvalue weighted by Crippen LogP contribution is 2.20. The maximum atomic E-state index is 12.0. The van der Waals surface area contributed by atoms with E-state index in [9.17, 15) is 4.79 Å². The first kappa shape index (κ1) is 14.1. The van der Waals surface area contributed by atoms with Crippen molar-refractivity contribution in [2.75, 3.05) is 19.6 Å². The van der Waals surface area contributed by atoms with Crippen molar-refractivity contribution in [1.82, 2.24) is 20.0 Å². The van der Waals surface area contributed by atoms with E-state index < -0.39 is 0 Å². The lowest BCUT2D eigenvalue weighted by molar-refractivity contribution is -0.129. The number of carbonyl (C=O) groups excluding carboxylic acids is 1. The molecule has 0 spiro atoms. The third-order valence-corrected chi connectivity index (χ3v) is 4.02. The Morgan fingerprint density at radius 2 is 2.00 bits per heavy atom. The molecule has 1 unspecified atom stereocenters. The molecule has 0 bridgehead atoms. The van der Waals surface area contributed by atoms with E-state index in [0.717, 1.165) is 37.3 Å². The van der Waals surface area contributed by atoms with Gasteiger partial charge in [0.25, 0.3) is 0 Å². The van der Waals surface area contributed by atoms with Crippen LogP contribution in [0.4, 0.5) is 0 Å². The zero-order valence-electron chi connectivity index (χ0n) is 12.4. The Bertz CT molecular complexity index is 460. The summed E-state index contributed by atoms with van der Waals surface area (Å²) in [4.78, 5) is 13.9. The fourth-order valence-electron chi connectivity index (χ4n) is 2.84. The number of hydrogen-bond acceptors (Lipinski definition) is 3. The smallest absolute Gasteiger partial charge is 0.236 e. The van der Waals surface area contributed by atoms with Gasteiger partial charge in [-0.1, -0.05) is 0 Å². The van der Waals surface area contributed by atoms with Gasteiger partial charge in [0, 0.05) is 37.4 Å². The molecule has 5 nitrogen and oxygen atoms in total. The van der Waals surface area contributed by atoms with Crippen LogP contribution in [0.2, 0.25) is 0 Å². The number of amides is 1. The Hall–Kier alpha value is -1.36. The number of hydrogen-bond donors (Lipinski definition) is 1. The number of carbonyl (C=O) groups is 1. The molecule has 106 valence electrons. The van der Waals surface area contributed by atoms with Crippen molar-refractivity contribution in [3.05, 3.63) is 17.0 Å². The maximum absolute atomic E-state index is 12.0. The van der Waals surface area contributed by atoms with Gasteiger partial charge in [0.15, 0.2) is 0 Å². The van der Waals surface area contributed by atoms with Gasteiger partial charge in [0.1, 0.15) is 0 Å². The van der Waals surface area contributed by atoms with E-state index in [1.807, 2.05) is 23.6 Å². The number of nitrogens with one attached hydrogen (secondary N) is 1. The molecule has 1 saturated heterocycles. The normalized spacial score (nSPS) is 16.9. The first-order valence-corrected chi connectivity index (χ1v) is 7.02. The topological polar surface area (TPSA) is 50.2 Å². The van der Waals surface area contributed by atoms with Gasteiger partial charge in [-0.15, -0.1) is 0 Å². The highest BCUT2D eigenvalue weighted by Gasteiger charge is 2.20. The summed E-state index contributed by atoms with van der Waals surface area (Å²) in [6.45, 7) is 8.42. The van der Waals surface area contributed by atoms with E-state index in [0.29, 0.717) is 6.54 Å². The molecule has 1 aliphatic heterocycles. The number of nitrogens with zero attached hydrogens (tertiary/aromatic N) is 3. The highest BCUT2D eigenvalue weighted by molar-refractivity contribution is 5.78. The SMILES string of the molecule is Cc1nn(C)c(C)c1C(C)NCC(=O)N1CCCC1. The Morgan fingerprint density at radius 3 is 2.53 bits per heavy atom. The van der Waals surface area contributed by atoms with Gasteiger partial charge < -0.3 is 10.2 Å². The highest BCUT2D eigenvalue weighted by atomic mass is 16.2. The first-order valence-electron chi connectivity index (χ1n) is 7.02. The van der Waals surface area contributed by atoms with E-state index in [1.54, 1.807) is 0 Å². The first-order chi connectivity index (χ1) is 9.00. The van der Waals surface area contributed by atoms with Crippen LogP contribution in [0.3, 0.4) is 0 Å². The van der Waals surface area contributed by atoms with Crippen LogP contribution in [-0.2, 0) is 11.8 Å². The van der Waals surface area contributed by atoms with E-state index in [4.69, 9.17) is 0 Å².